The number of hydrogen-bond donors (Lipinski definition) is 1. The number of hydrogen-bond acceptors (Lipinski definition) is 4. The van der Waals surface area contributed by atoms with Crippen LogP contribution < -0.4 is 16.2 Å². The molecule has 0 radical (unpaired) electrons. The van der Waals surface area contributed by atoms with Crippen molar-refractivity contribution in [1.82, 2.24) is 4.57 Å². The Morgan fingerprint density at radius 2 is 1.24 bits per heavy atom. The molecule has 0 spiro atoms. The maximum absolute atomic E-state index is 7.01. The van der Waals surface area contributed by atoms with Crippen molar-refractivity contribution in [2.75, 3.05) is 5.32 Å². The van der Waals surface area contributed by atoms with Crippen LogP contribution >= 0.6 is 11.3 Å². The Kier molecular flexibility index (Phi) is 7.58. The fraction of sp³-hybridized carbons (Fsp3) is 0.200. The lowest BCUT2D eigenvalue weighted by molar-refractivity contribution is 0.332. The molecule has 4 aromatic heterocycles. The van der Waals surface area contributed by atoms with Gasteiger partial charge in [-0.3, -0.25) is 0 Å². The van der Waals surface area contributed by atoms with Gasteiger partial charge in [-0.25, -0.2) is 0 Å². The molecule has 4 nitrogen and oxygen atoms in total. The molecular formula is C60H49BN2O2S. The second kappa shape index (κ2) is 13.0. The van der Waals surface area contributed by atoms with E-state index in [9.17, 15) is 0 Å². The molecule has 14 rings (SSSR count). The van der Waals surface area contributed by atoms with Crippen LogP contribution in [0.3, 0.4) is 0 Å². The molecule has 0 saturated heterocycles. The van der Waals surface area contributed by atoms with Crippen LogP contribution in [-0.2, 0) is 16.2 Å². The average molecular weight is 873 g/mol. The van der Waals surface area contributed by atoms with E-state index < -0.39 is 0 Å². The lowest BCUT2D eigenvalue weighted by Crippen LogP contribution is -2.37. The van der Waals surface area contributed by atoms with Gasteiger partial charge in [-0.2, -0.15) is 0 Å². The van der Waals surface area contributed by atoms with Gasteiger partial charge in [-0.05, 0) is 117 Å². The summed E-state index contributed by atoms with van der Waals surface area (Å²) in [6, 6.07) is 50.1. The van der Waals surface area contributed by atoms with Crippen molar-refractivity contribution in [1.29, 1.82) is 0 Å². The zero-order chi connectivity index (χ0) is 44.6. The Balaban J connectivity index is 1.06. The lowest BCUT2D eigenvalue weighted by atomic mass is 9.59. The molecule has 5 heterocycles. The third-order valence-electron chi connectivity index (χ3n) is 15.6. The summed E-state index contributed by atoms with van der Waals surface area (Å²) >= 11 is 1.88. The number of thiophene rings is 1. The first-order chi connectivity index (χ1) is 31.8. The third kappa shape index (κ3) is 5.39. The summed E-state index contributed by atoms with van der Waals surface area (Å²) in [7, 11) is 0.778. The standard InChI is InChI=1S/C60H49BN2O2S/c1-58(2,3)32-16-18-33(19-17-32)62-47-26-42-40-24-44-45(60(6,7)23-22-59(44,4)5)30-52(40)65-51(42)28-38(47)36-20-21-37-39-29-55-43(35-13-9-11-15-54(35)66-55)27-48(39)63-49-31-53-41(25-46(49)61-56(36)57(37)63)34-12-8-10-14-50(34)64-53/h8-21,24-31,61-62H,22-23H2,1-7H3. The second-order valence-corrected chi connectivity index (χ2v) is 22.7. The van der Waals surface area contributed by atoms with Crippen LogP contribution in [0.2, 0.25) is 0 Å². The quantitative estimate of drug-likeness (QED) is 0.180. The molecular weight excluding hydrogens is 824 g/mol. The van der Waals surface area contributed by atoms with Crippen LogP contribution in [0.25, 0.3) is 103 Å². The summed E-state index contributed by atoms with van der Waals surface area (Å²) in [5, 5.41) is 13.8. The van der Waals surface area contributed by atoms with E-state index in [1.165, 1.54) is 86.2 Å². The van der Waals surface area contributed by atoms with Crippen molar-refractivity contribution >= 4 is 127 Å². The van der Waals surface area contributed by atoms with E-state index in [2.05, 4.69) is 192 Å². The Hall–Kier alpha value is -6.76. The van der Waals surface area contributed by atoms with E-state index in [1.807, 2.05) is 11.3 Å². The summed E-state index contributed by atoms with van der Waals surface area (Å²) < 4.78 is 18.8. The van der Waals surface area contributed by atoms with Gasteiger partial charge in [0.25, 0.3) is 0 Å². The van der Waals surface area contributed by atoms with Gasteiger partial charge >= 0.3 is 0 Å². The minimum absolute atomic E-state index is 0.0587. The molecule has 320 valence electrons. The number of aromatic nitrogens is 1. The summed E-state index contributed by atoms with van der Waals surface area (Å²) in [6.07, 6.45) is 2.32. The first-order valence-corrected chi connectivity index (χ1v) is 24.4. The van der Waals surface area contributed by atoms with Gasteiger partial charge in [0.05, 0.1) is 5.52 Å². The highest BCUT2D eigenvalue weighted by atomic mass is 32.1. The van der Waals surface area contributed by atoms with Gasteiger partial charge in [0.15, 0.2) is 7.28 Å². The van der Waals surface area contributed by atoms with Gasteiger partial charge in [0.1, 0.15) is 22.3 Å². The molecule has 0 bridgehead atoms. The highest BCUT2D eigenvalue weighted by Gasteiger charge is 2.38. The molecule has 0 fully saturated rings. The number of nitrogens with zero attached hydrogens (tertiary/aromatic N) is 1. The summed E-state index contributed by atoms with van der Waals surface area (Å²) in [6.45, 7) is 16.4. The fourth-order valence-electron chi connectivity index (χ4n) is 11.8. The number of nitrogens with one attached hydrogen (secondary N) is 1. The van der Waals surface area contributed by atoms with Gasteiger partial charge in [-0.15, -0.1) is 11.3 Å². The van der Waals surface area contributed by atoms with Crippen molar-refractivity contribution in [2.24, 2.45) is 0 Å². The van der Waals surface area contributed by atoms with Gasteiger partial charge in [0.2, 0.25) is 0 Å². The Morgan fingerprint density at radius 3 is 2.05 bits per heavy atom. The molecule has 0 amide bonds. The minimum atomic E-state index is 0.0587. The van der Waals surface area contributed by atoms with Crippen molar-refractivity contribution in [2.45, 2.75) is 77.6 Å². The molecule has 12 aromatic rings. The number of furan rings is 2. The van der Waals surface area contributed by atoms with Crippen molar-refractivity contribution < 1.29 is 8.83 Å². The molecule has 6 heteroatoms. The maximum Gasteiger partial charge on any atom is 0.198 e. The van der Waals surface area contributed by atoms with Crippen LogP contribution in [0, 0.1) is 0 Å². The molecule has 66 heavy (non-hydrogen) atoms. The molecule has 8 aromatic carbocycles. The van der Waals surface area contributed by atoms with E-state index in [0.29, 0.717) is 0 Å². The van der Waals surface area contributed by atoms with Crippen molar-refractivity contribution in [3.63, 3.8) is 0 Å². The Labute approximate surface area is 388 Å². The van der Waals surface area contributed by atoms with Gasteiger partial charge < -0.3 is 18.7 Å². The van der Waals surface area contributed by atoms with Crippen molar-refractivity contribution in [3.8, 4) is 16.8 Å². The topological polar surface area (TPSA) is 43.2 Å². The largest absolute Gasteiger partial charge is 0.456 e. The predicted molar refractivity (Wildman–Crippen MR) is 284 cm³/mol. The second-order valence-electron chi connectivity index (χ2n) is 21.6. The van der Waals surface area contributed by atoms with E-state index >= 15 is 0 Å². The third-order valence-corrected chi connectivity index (χ3v) is 16.8. The number of benzene rings is 8. The number of para-hydroxylation sites is 1. The van der Waals surface area contributed by atoms with Gasteiger partial charge in [0, 0.05) is 86.7 Å². The fourth-order valence-corrected chi connectivity index (χ4v) is 13.0. The first-order valence-electron chi connectivity index (χ1n) is 23.6. The first kappa shape index (κ1) is 38.5. The summed E-state index contributed by atoms with van der Waals surface area (Å²) in [5.41, 5.74) is 18.8. The van der Waals surface area contributed by atoms with Gasteiger partial charge in [-0.1, -0.05) is 121 Å². The maximum atomic E-state index is 7.01. The van der Waals surface area contributed by atoms with Crippen LogP contribution in [-0.4, -0.2) is 11.8 Å². The SMILES string of the molecule is CC(C)(C)c1ccc(Nc2cc3c(cc2-c2ccc4c5cc6sc7ccccc7c6cc5n5c4c2Bc2cc4c(cc2-5)oc2ccccc24)oc2cc4c(cc23)C(C)(C)CCC4(C)C)cc1. The van der Waals surface area contributed by atoms with E-state index in [4.69, 9.17) is 8.83 Å². The molecule has 0 unspecified atom stereocenters. The van der Waals surface area contributed by atoms with Crippen LogP contribution in [0.15, 0.2) is 142 Å². The summed E-state index contributed by atoms with van der Waals surface area (Å²) in [4.78, 5) is 0. The Bertz CT molecular complexity index is 4090. The molecule has 1 N–H and O–H groups in total. The Morgan fingerprint density at radius 1 is 0.561 bits per heavy atom. The molecule has 1 aliphatic heterocycles. The molecule has 1 aliphatic carbocycles. The molecule has 0 atom stereocenters. The smallest absolute Gasteiger partial charge is 0.198 e. The zero-order valence-corrected chi connectivity index (χ0v) is 39.3. The van der Waals surface area contributed by atoms with E-state index in [1.54, 1.807) is 0 Å². The monoisotopic (exact) mass is 872 g/mol. The number of anilines is 2. The van der Waals surface area contributed by atoms with Crippen molar-refractivity contribution in [3.05, 3.63) is 150 Å². The summed E-state index contributed by atoms with van der Waals surface area (Å²) in [5.74, 6) is 0. The normalized spacial score (nSPS) is 15.4. The molecule has 0 saturated carbocycles. The highest BCUT2D eigenvalue weighted by Crippen LogP contribution is 2.50. The van der Waals surface area contributed by atoms with E-state index in [0.717, 1.165) is 75.6 Å². The van der Waals surface area contributed by atoms with Crippen LogP contribution in [0.5, 0.6) is 0 Å². The lowest BCUT2D eigenvalue weighted by Gasteiger charge is -2.41. The number of fused-ring (bicyclic) bond motifs is 15. The average Bonchev–Trinajstić information content (AvgIpc) is 4.05. The number of rotatable bonds is 3. The zero-order valence-electron chi connectivity index (χ0n) is 38.5. The van der Waals surface area contributed by atoms with E-state index in [-0.39, 0.29) is 16.2 Å². The molecule has 2 aliphatic rings. The predicted octanol–water partition coefficient (Wildman–Crippen LogP) is 15.7. The van der Waals surface area contributed by atoms with Crippen LogP contribution in [0.4, 0.5) is 11.4 Å². The highest BCUT2D eigenvalue weighted by molar-refractivity contribution is 7.25. The van der Waals surface area contributed by atoms with Crippen LogP contribution in [0.1, 0.15) is 78.0 Å². The minimum Gasteiger partial charge on any atom is -0.456 e.